The Morgan fingerprint density at radius 2 is 1.92 bits per heavy atom. The molecule has 10 nitrogen and oxygen atoms in total. The topological polar surface area (TPSA) is 110 Å². The van der Waals surface area contributed by atoms with E-state index >= 15 is 0 Å². The second-order valence-electron chi connectivity index (χ2n) is 10.5. The van der Waals surface area contributed by atoms with E-state index in [1.54, 1.807) is 6.20 Å². The Balaban J connectivity index is 1.09. The van der Waals surface area contributed by atoms with Gasteiger partial charge in [-0.2, -0.15) is 0 Å². The normalized spacial score (nSPS) is 19.3. The fourth-order valence-electron chi connectivity index (χ4n) is 5.61. The first kappa shape index (κ1) is 25.2. The van der Waals surface area contributed by atoms with Crippen molar-refractivity contribution in [3.63, 3.8) is 0 Å². The molecule has 1 aromatic carbocycles. The molecule has 0 bridgehead atoms. The van der Waals surface area contributed by atoms with E-state index in [4.69, 9.17) is 0 Å². The molecule has 0 atom stereocenters. The molecule has 5 heterocycles. The maximum atomic E-state index is 13.3. The number of nitrogens with one attached hydrogen (secondary N) is 2. The summed E-state index contributed by atoms with van der Waals surface area (Å²) in [5, 5.41) is 4.24. The van der Waals surface area contributed by atoms with Crippen LogP contribution in [-0.2, 0) is 4.79 Å². The number of amides is 2. The number of nitrogens with zero attached hydrogens (tertiary/aromatic N) is 6. The van der Waals surface area contributed by atoms with E-state index in [-0.39, 0.29) is 11.8 Å². The molecule has 10 heteroatoms. The van der Waals surface area contributed by atoms with E-state index in [1.165, 1.54) is 0 Å². The Morgan fingerprint density at radius 1 is 1.05 bits per heavy atom. The molecule has 2 fully saturated rings. The van der Waals surface area contributed by atoms with Crippen LogP contribution in [0.5, 0.6) is 0 Å². The molecule has 39 heavy (non-hydrogen) atoms. The van der Waals surface area contributed by atoms with Gasteiger partial charge in [-0.05, 0) is 56.0 Å². The number of aromatic nitrogens is 3. The number of hydrogen-bond acceptors (Lipinski definition) is 7. The highest BCUT2D eigenvalue weighted by Crippen LogP contribution is 2.25. The minimum Gasteiger partial charge on any atom is -0.351 e. The lowest BCUT2D eigenvalue weighted by atomic mass is 10.0. The van der Waals surface area contributed by atoms with E-state index in [2.05, 4.69) is 36.2 Å². The number of piperidine rings is 1. The van der Waals surface area contributed by atoms with E-state index in [1.807, 2.05) is 53.4 Å². The van der Waals surface area contributed by atoms with Gasteiger partial charge in [-0.3, -0.25) is 19.5 Å². The van der Waals surface area contributed by atoms with Gasteiger partial charge >= 0.3 is 0 Å². The van der Waals surface area contributed by atoms with Crippen molar-refractivity contribution in [2.75, 3.05) is 45.1 Å². The van der Waals surface area contributed by atoms with Gasteiger partial charge in [-0.1, -0.05) is 6.08 Å². The molecule has 0 saturated carbocycles. The molecule has 202 valence electrons. The van der Waals surface area contributed by atoms with Crippen molar-refractivity contribution in [1.82, 2.24) is 29.7 Å². The number of H-pyrrole nitrogens is 1. The third kappa shape index (κ3) is 5.56. The Labute approximate surface area is 227 Å². The SMILES string of the molecule is CN1CCN(C2CCN(C(=O)c3cc4cc(Nc5nccc(C6=CCCC=N6)n5)ccc4[nH]3)CC2)CCC1=O. The number of anilines is 2. The average Bonchev–Trinajstić information content (AvgIpc) is 3.33. The van der Waals surface area contributed by atoms with Crippen LogP contribution in [0.2, 0.25) is 0 Å². The molecule has 2 saturated heterocycles. The third-order valence-corrected chi connectivity index (χ3v) is 7.92. The van der Waals surface area contributed by atoms with Gasteiger partial charge in [0.25, 0.3) is 5.91 Å². The van der Waals surface area contributed by atoms with E-state index in [9.17, 15) is 9.59 Å². The summed E-state index contributed by atoms with van der Waals surface area (Å²) in [6.07, 6.45) is 10.1. The van der Waals surface area contributed by atoms with Gasteiger partial charge in [0.1, 0.15) is 5.69 Å². The standard InChI is InChI=1S/C29H34N8O2/c1-35-16-17-36(15-10-27(35)38)22-8-13-37(14-9-22)28(39)26-19-20-18-21(5-6-23(20)33-26)32-29-31-12-7-25(34-29)24-4-2-3-11-30-24/h4-7,11-12,18-19,22,33H,2-3,8-10,13-17H2,1H3,(H,31,32,34). The first-order valence-corrected chi connectivity index (χ1v) is 13.8. The van der Waals surface area contributed by atoms with Crippen molar-refractivity contribution in [3.05, 3.63) is 54.0 Å². The predicted octanol–water partition coefficient (Wildman–Crippen LogP) is 3.68. The number of likely N-dealkylation sites (N-methyl/N-ethyl adjacent to an activating group) is 1. The maximum absolute atomic E-state index is 13.3. The zero-order valence-electron chi connectivity index (χ0n) is 22.3. The van der Waals surface area contributed by atoms with Gasteiger partial charge in [0, 0.05) is 81.2 Å². The van der Waals surface area contributed by atoms with Crippen LogP contribution in [0.25, 0.3) is 16.6 Å². The largest absolute Gasteiger partial charge is 0.351 e. The van der Waals surface area contributed by atoms with E-state index in [0.29, 0.717) is 24.1 Å². The fourth-order valence-corrected chi connectivity index (χ4v) is 5.61. The van der Waals surface area contributed by atoms with Crippen LogP contribution in [-0.4, -0.2) is 93.5 Å². The Kier molecular flexibility index (Phi) is 7.10. The predicted molar refractivity (Wildman–Crippen MR) is 152 cm³/mol. The van der Waals surface area contributed by atoms with E-state index in [0.717, 1.165) is 86.4 Å². The van der Waals surface area contributed by atoms with Crippen molar-refractivity contribution < 1.29 is 9.59 Å². The van der Waals surface area contributed by atoms with Gasteiger partial charge in [0.2, 0.25) is 11.9 Å². The van der Waals surface area contributed by atoms with Crippen molar-refractivity contribution >= 4 is 46.3 Å². The van der Waals surface area contributed by atoms with Crippen LogP contribution in [0, 0.1) is 0 Å². The molecule has 2 amide bonds. The number of fused-ring (bicyclic) bond motifs is 1. The monoisotopic (exact) mass is 526 g/mol. The molecule has 2 N–H and O–H groups in total. The number of aromatic amines is 1. The van der Waals surface area contributed by atoms with Crippen LogP contribution in [0.15, 0.2) is 47.6 Å². The summed E-state index contributed by atoms with van der Waals surface area (Å²) in [5.41, 5.74) is 4.02. The highest BCUT2D eigenvalue weighted by Gasteiger charge is 2.30. The Bertz CT molecular complexity index is 1440. The first-order chi connectivity index (χ1) is 19.0. The van der Waals surface area contributed by atoms with Gasteiger partial charge < -0.3 is 20.1 Å². The smallest absolute Gasteiger partial charge is 0.270 e. The summed E-state index contributed by atoms with van der Waals surface area (Å²) in [7, 11) is 1.88. The number of carbonyl (C=O) groups is 2. The molecule has 3 aromatic rings. The highest BCUT2D eigenvalue weighted by atomic mass is 16.2. The van der Waals surface area contributed by atoms with Gasteiger partial charge in [0.15, 0.2) is 0 Å². The van der Waals surface area contributed by atoms with Gasteiger partial charge in [0.05, 0.1) is 11.4 Å². The third-order valence-electron chi connectivity index (χ3n) is 7.92. The molecule has 0 aliphatic carbocycles. The number of hydrogen-bond donors (Lipinski definition) is 2. The van der Waals surface area contributed by atoms with E-state index < -0.39 is 0 Å². The molecular weight excluding hydrogens is 492 g/mol. The quantitative estimate of drug-likeness (QED) is 0.525. The Morgan fingerprint density at radius 3 is 2.74 bits per heavy atom. The number of likely N-dealkylation sites (tertiary alicyclic amines) is 1. The van der Waals surface area contributed by atoms with Crippen molar-refractivity contribution in [1.29, 1.82) is 0 Å². The van der Waals surface area contributed by atoms with Crippen molar-refractivity contribution in [2.45, 2.75) is 38.1 Å². The van der Waals surface area contributed by atoms with Crippen molar-refractivity contribution in [2.24, 2.45) is 4.99 Å². The number of benzene rings is 1. The molecule has 6 rings (SSSR count). The second-order valence-corrected chi connectivity index (χ2v) is 10.5. The lowest BCUT2D eigenvalue weighted by Crippen LogP contribution is -2.47. The summed E-state index contributed by atoms with van der Waals surface area (Å²) < 4.78 is 0. The molecule has 3 aliphatic heterocycles. The summed E-state index contributed by atoms with van der Waals surface area (Å²) >= 11 is 0. The molecule has 2 aromatic heterocycles. The van der Waals surface area contributed by atoms with Gasteiger partial charge in [-0.25, -0.2) is 9.97 Å². The van der Waals surface area contributed by atoms with Crippen LogP contribution in [0.4, 0.5) is 11.6 Å². The molecule has 0 radical (unpaired) electrons. The Hall–Kier alpha value is -4.05. The number of rotatable bonds is 5. The van der Waals surface area contributed by atoms with Crippen LogP contribution >= 0.6 is 0 Å². The molecule has 0 spiro atoms. The lowest BCUT2D eigenvalue weighted by molar-refractivity contribution is -0.129. The first-order valence-electron chi connectivity index (χ1n) is 13.8. The van der Waals surface area contributed by atoms with Crippen molar-refractivity contribution in [3.8, 4) is 0 Å². The maximum Gasteiger partial charge on any atom is 0.270 e. The average molecular weight is 527 g/mol. The van der Waals surface area contributed by atoms with Crippen LogP contribution in [0.3, 0.4) is 0 Å². The van der Waals surface area contributed by atoms with Crippen LogP contribution in [0.1, 0.15) is 48.3 Å². The summed E-state index contributed by atoms with van der Waals surface area (Å²) in [5.74, 6) is 0.751. The number of allylic oxidation sites excluding steroid dienone is 1. The number of aliphatic imine (C=N–C) groups is 1. The minimum atomic E-state index is 0.0299. The molecule has 3 aliphatic rings. The zero-order valence-corrected chi connectivity index (χ0v) is 22.3. The summed E-state index contributed by atoms with van der Waals surface area (Å²) in [6, 6.07) is 10.1. The lowest BCUT2D eigenvalue weighted by Gasteiger charge is -2.37. The highest BCUT2D eigenvalue weighted by molar-refractivity contribution is 5.98. The van der Waals surface area contributed by atoms with Crippen LogP contribution < -0.4 is 5.32 Å². The second kappa shape index (κ2) is 11.0. The summed E-state index contributed by atoms with van der Waals surface area (Å²) in [4.78, 5) is 48.3. The summed E-state index contributed by atoms with van der Waals surface area (Å²) in [6.45, 7) is 3.93. The molecular formula is C29H34N8O2. The zero-order chi connectivity index (χ0) is 26.8. The molecule has 0 unspecified atom stereocenters. The fraction of sp³-hybridized carbons (Fsp3) is 0.414. The van der Waals surface area contributed by atoms with Gasteiger partial charge in [-0.15, -0.1) is 0 Å². The number of carbonyl (C=O) groups excluding carboxylic acids is 2. The minimum absolute atomic E-state index is 0.0299.